The maximum atomic E-state index is 13.6. The highest BCUT2D eigenvalue weighted by atomic mass is 79.9. The lowest BCUT2D eigenvalue weighted by molar-refractivity contribution is -0.120. The van der Waals surface area contributed by atoms with Crippen LogP contribution in [0.25, 0.3) is 0 Å². The number of benzene rings is 4. The molecule has 0 bridgehead atoms. The third-order valence-electron chi connectivity index (χ3n) is 7.35. The van der Waals surface area contributed by atoms with Crippen LogP contribution in [0.4, 0.5) is 17.1 Å². The molecule has 0 saturated carbocycles. The summed E-state index contributed by atoms with van der Waals surface area (Å²) in [5.41, 5.74) is 7.47. The van der Waals surface area contributed by atoms with Gasteiger partial charge in [0.05, 0.1) is 30.6 Å². The van der Waals surface area contributed by atoms with E-state index in [9.17, 15) is 14.7 Å². The summed E-state index contributed by atoms with van der Waals surface area (Å²) in [6, 6.07) is 28.7. The average molecular weight is 681 g/mol. The number of para-hydroxylation sites is 2. The number of rotatable bonds is 11. The molecule has 8 nitrogen and oxygen atoms in total. The fourth-order valence-corrected chi connectivity index (χ4v) is 5.64. The van der Waals surface area contributed by atoms with E-state index >= 15 is 0 Å². The smallest absolute Gasteiger partial charge is 0.339 e. The molecule has 1 fully saturated rings. The van der Waals surface area contributed by atoms with Crippen molar-refractivity contribution in [2.24, 2.45) is 0 Å². The van der Waals surface area contributed by atoms with Gasteiger partial charge in [0.2, 0.25) is 5.91 Å². The Kier molecular flexibility index (Phi) is 11.5. The van der Waals surface area contributed by atoms with Gasteiger partial charge in [-0.2, -0.15) is 0 Å². The molecule has 0 aliphatic carbocycles. The van der Waals surface area contributed by atoms with E-state index in [1.807, 2.05) is 77.8 Å². The molecule has 0 radical (unpaired) electrons. The number of carboxylic acid groups (broad SMARTS) is 1. The number of carbonyl (C=O) groups is 2. The highest BCUT2D eigenvalue weighted by Crippen LogP contribution is 2.35. The Morgan fingerprint density at radius 2 is 1.61 bits per heavy atom. The van der Waals surface area contributed by atoms with Gasteiger partial charge in [-0.15, -0.1) is 12.4 Å². The van der Waals surface area contributed by atoms with Crippen molar-refractivity contribution in [2.45, 2.75) is 32.3 Å². The Labute approximate surface area is 272 Å². The van der Waals surface area contributed by atoms with Crippen LogP contribution in [-0.2, 0) is 17.8 Å². The van der Waals surface area contributed by atoms with Gasteiger partial charge < -0.3 is 19.5 Å². The minimum atomic E-state index is -1.11. The van der Waals surface area contributed by atoms with Gasteiger partial charge in [0.25, 0.3) is 0 Å². The lowest BCUT2D eigenvalue weighted by atomic mass is 10.1. The number of ether oxygens (including phenoxy) is 2. The van der Waals surface area contributed by atoms with Crippen LogP contribution >= 0.6 is 28.3 Å². The van der Waals surface area contributed by atoms with Gasteiger partial charge in [0.15, 0.2) is 0 Å². The van der Waals surface area contributed by atoms with Crippen LogP contribution in [-0.4, -0.2) is 37.2 Å². The van der Waals surface area contributed by atoms with E-state index in [-0.39, 0.29) is 36.0 Å². The maximum Gasteiger partial charge on any atom is 0.339 e. The molecule has 4 aromatic carbocycles. The topological polar surface area (TPSA) is 91.3 Å². The van der Waals surface area contributed by atoms with Gasteiger partial charge in [-0.25, -0.2) is 4.79 Å². The molecule has 0 atom stereocenters. The lowest BCUT2D eigenvalue weighted by Crippen LogP contribution is -2.41. The SMILES string of the molecule is COc1cc(CC(=O)NN(c2ccc(OCc3ccccc3)cc2)c2ccccc2N2CCCCC2)c(Br)cc1C(=O)O.Cl. The zero-order valence-electron chi connectivity index (χ0n) is 24.4. The summed E-state index contributed by atoms with van der Waals surface area (Å²) in [4.78, 5) is 27.6. The van der Waals surface area contributed by atoms with E-state index in [1.165, 1.54) is 19.6 Å². The number of amides is 1. The van der Waals surface area contributed by atoms with Gasteiger partial charge >= 0.3 is 5.97 Å². The first-order chi connectivity index (χ1) is 20.9. The highest BCUT2D eigenvalue weighted by molar-refractivity contribution is 9.10. The van der Waals surface area contributed by atoms with E-state index in [4.69, 9.17) is 9.47 Å². The minimum absolute atomic E-state index is 0. The fraction of sp³-hybridized carbons (Fsp3) is 0.235. The molecule has 1 aliphatic heterocycles. The van der Waals surface area contributed by atoms with Crippen LogP contribution in [0.1, 0.15) is 40.7 Å². The average Bonchev–Trinajstić information content (AvgIpc) is 3.04. The van der Waals surface area contributed by atoms with Crippen LogP contribution in [0.15, 0.2) is 95.5 Å². The Morgan fingerprint density at radius 1 is 0.932 bits per heavy atom. The second-order valence-electron chi connectivity index (χ2n) is 10.3. The zero-order chi connectivity index (χ0) is 30.2. The Hall–Kier alpha value is -4.21. The van der Waals surface area contributed by atoms with Crippen LogP contribution in [0, 0.1) is 0 Å². The summed E-state index contributed by atoms with van der Waals surface area (Å²) < 4.78 is 11.8. The van der Waals surface area contributed by atoms with Crippen molar-refractivity contribution in [3.8, 4) is 11.5 Å². The molecule has 10 heteroatoms. The molecular formula is C34H35BrClN3O5. The number of methoxy groups -OCH3 is 1. The van der Waals surface area contributed by atoms with Crippen molar-refractivity contribution in [2.75, 3.05) is 30.1 Å². The molecular weight excluding hydrogens is 646 g/mol. The number of carbonyl (C=O) groups excluding carboxylic acids is 1. The second kappa shape index (κ2) is 15.5. The summed E-state index contributed by atoms with van der Waals surface area (Å²) in [7, 11) is 1.41. The van der Waals surface area contributed by atoms with Crippen LogP contribution in [0.5, 0.6) is 11.5 Å². The summed E-state index contributed by atoms with van der Waals surface area (Å²) >= 11 is 3.43. The number of halogens is 2. The first-order valence-electron chi connectivity index (χ1n) is 14.2. The van der Waals surface area contributed by atoms with E-state index in [1.54, 1.807) is 6.07 Å². The van der Waals surface area contributed by atoms with Gasteiger partial charge in [0, 0.05) is 17.6 Å². The zero-order valence-corrected chi connectivity index (χ0v) is 26.8. The number of piperidine rings is 1. The Balaban J connectivity index is 0.00000442. The molecule has 230 valence electrons. The van der Waals surface area contributed by atoms with Crippen molar-refractivity contribution in [1.29, 1.82) is 0 Å². The van der Waals surface area contributed by atoms with Gasteiger partial charge in [0.1, 0.15) is 23.7 Å². The first kappa shape index (κ1) is 32.7. The molecule has 0 spiro atoms. The number of hydrogen-bond acceptors (Lipinski definition) is 6. The number of aromatic carboxylic acids is 1. The van der Waals surface area contributed by atoms with Crippen molar-refractivity contribution >= 4 is 57.3 Å². The van der Waals surface area contributed by atoms with Crippen molar-refractivity contribution < 1.29 is 24.2 Å². The number of nitrogens with one attached hydrogen (secondary N) is 1. The molecule has 1 saturated heterocycles. The van der Waals surface area contributed by atoms with Crippen molar-refractivity contribution in [3.63, 3.8) is 0 Å². The van der Waals surface area contributed by atoms with Gasteiger partial charge in [-0.05, 0) is 78.9 Å². The van der Waals surface area contributed by atoms with Crippen LogP contribution in [0.2, 0.25) is 0 Å². The van der Waals surface area contributed by atoms with E-state index in [2.05, 4.69) is 32.3 Å². The van der Waals surface area contributed by atoms with E-state index < -0.39 is 5.97 Å². The van der Waals surface area contributed by atoms with E-state index in [0.29, 0.717) is 16.6 Å². The Bertz CT molecular complexity index is 1560. The van der Waals surface area contributed by atoms with Gasteiger partial charge in [-0.3, -0.25) is 15.2 Å². The number of hydrazine groups is 1. The number of nitrogens with zero attached hydrogens (tertiary/aromatic N) is 2. The molecule has 0 unspecified atom stereocenters. The molecule has 2 N–H and O–H groups in total. The largest absolute Gasteiger partial charge is 0.496 e. The molecule has 1 aliphatic rings. The van der Waals surface area contributed by atoms with Gasteiger partial charge in [-0.1, -0.05) is 58.4 Å². The standard InChI is InChI=1S/C34H34BrN3O5.ClH/c1-42-32-20-25(29(35)22-28(32)34(40)41)21-33(39)36-38(31-13-7-6-12-30(31)37-18-8-3-9-19-37)26-14-16-27(17-15-26)43-23-24-10-4-2-5-11-24;/h2,4-7,10-17,20,22H,3,8-9,18-19,21,23H2,1H3,(H,36,39)(H,40,41);1H. The maximum absolute atomic E-state index is 13.6. The molecule has 4 aromatic rings. The monoisotopic (exact) mass is 679 g/mol. The fourth-order valence-electron chi connectivity index (χ4n) is 5.16. The first-order valence-corrected chi connectivity index (χ1v) is 15.0. The molecule has 1 amide bonds. The normalized spacial score (nSPS) is 12.5. The third kappa shape index (κ3) is 8.03. The number of anilines is 3. The predicted octanol–water partition coefficient (Wildman–Crippen LogP) is 7.56. The molecule has 44 heavy (non-hydrogen) atoms. The van der Waals surface area contributed by atoms with E-state index in [0.717, 1.165) is 54.3 Å². The minimum Gasteiger partial charge on any atom is -0.496 e. The second-order valence-corrected chi connectivity index (χ2v) is 11.2. The molecule has 1 heterocycles. The third-order valence-corrected chi connectivity index (χ3v) is 8.09. The van der Waals surface area contributed by atoms with Crippen molar-refractivity contribution in [1.82, 2.24) is 5.43 Å². The quantitative estimate of drug-likeness (QED) is 0.158. The highest BCUT2D eigenvalue weighted by Gasteiger charge is 2.22. The summed E-state index contributed by atoms with van der Waals surface area (Å²) in [6.07, 6.45) is 3.45. The van der Waals surface area contributed by atoms with Crippen LogP contribution < -0.4 is 24.8 Å². The number of hydrogen-bond donors (Lipinski definition) is 2. The van der Waals surface area contributed by atoms with Crippen molar-refractivity contribution in [3.05, 3.63) is 112 Å². The van der Waals surface area contributed by atoms with Crippen LogP contribution in [0.3, 0.4) is 0 Å². The molecule has 5 rings (SSSR count). The summed E-state index contributed by atoms with van der Waals surface area (Å²) in [5, 5.41) is 11.3. The summed E-state index contributed by atoms with van der Waals surface area (Å²) in [5.74, 6) is -0.469. The predicted molar refractivity (Wildman–Crippen MR) is 179 cm³/mol. The number of carboxylic acids is 1. The lowest BCUT2D eigenvalue weighted by Gasteiger charge is -2.34. The summed E-state index contributed by atoms with van der Waals surface area (Å²) in [6.45, 7) is 2.36. The Morgan fingerprint density at radius 3 is 2.30 bits per heavy atom. The molecule has 0 aromatic heterocycles.